The molecule has 3 N–H and O–H groups in total. The monoisotopic (exact) mass is 254 g/mol. The highest BCUT2D eigenvalue weighted by Crippen LogP contribution is 2.19. The van der Waals surface area contributed by atoms with E-state index in [-0.39, 0.29) is 18.0 Å². The summed E-state index contributed by atoms with van der Waals surface area (Å²) in [5.74, 6) is 0.00449. The van der Waals surface area contributed by atoms with E-state index in [0.717, 1.165) is 35.6 Å². The summed E-state index contributed by atoms with van der Waals surface area (Å²) in [6.07, 6.45) is 2.88. The van der Waals surface area contributed by atoms with E-state index in [2.05, 4.69) is 5.32 Å². The van der Waals surface area contributed by atoms with Crippen molar-refractivity contribution in [1.29, 1.82) is 0 Å². The SMILES string of the molecule is NC1CCC(NC(=O)c2ccc3ccccc3c2)C1. The second-order valence-electron chi connectivity index (χ2n) is 5.31. The molecule has 2 unspecified atom stereocenters. The number of nitrogens with one attached hydrogen (secondary N) is 1. The van der Waals surface area contributed by atoms with E-state index in [1.807, 2.05) is 42.5 Å². The highest BCUT2D eigenvalue weighted by Gasteiger charge is 2.23. The van der Waals surface area contributed by atoms with Gasteiger partial charge in [0.15, 0.2) is 0 Å². The summed E-state index contributed by atoms with van der Waals surface area (Å²) in [5.41, 5.74) is 6.58. The number of benzene rings is 2. The molecule has 1 fully saturated rings. The average molecular weight is 254 g/mol. The molecule has 3 rings (SSSR count). The number of hydrogen-bond acceptors (Lipinski definition) is 2. The Kier molecular flexibility index (Phi) is 3.22. The highest BCUT2D eigenvalue weighted by molar-refractivity contribution is 5.98. The lowest BCUT2D eigenvalue weighted by Gasteiger charge is -2.12. The van der Waals surface area contributed by atoms with Gasteiger partial charge in [0, 0.05) is 17.6 Å². The Morgan fingerprint density at radius 3 is 2.63 bits per heavy atom. The second-order valence-corrected chi connectivity index (χ2v) is 5.31. The largest absolute Gasteiger partial charge is 0.349 e. The molecule has 1 aliphatic rings. The first-order chi connectivity index (χ1) is 9.22. The Hall–Kier alpha value is -1.87. The van der Waals surface area contributed by atoms with E-state index in [0.29, 0.717) is 0 Å². The summed E-state index contributed by atoms with van der Waals surface area (Å²) in [6, 6.07) is 14.3. The molecule has 98 valence electrons. The Morgan fingerprint density at radius 1 is 1.11 bits per heavy atom. The molecule has 0 saturated heterocycles. The van der Waals surface area contributed by atoms with Gasteiger partial charge >= 0.3 is 0 Å². The van der Waals surface area contributed by atoms with Gasteiger partial charge in [0.25, 0.3) is 5.91 Å². The number of amides is 1. The summed E-state index contributed by atoms with van der Waals surface area (Å²) in [7, 11) is 0. The van der Waals surface area contributed by atoms with Gasteiger partial charge in [0.05, 0.1) is 0 Å². The Balaban J connectivity index is 1.77. The number of hydrogen-bond donors (Lipinski definition) is 2. The second kappa shape index (κ2) is 5.02. The summed E-state index contributed by atoms with van der Waals surface area (Å²) in [4.78, 5) is 12.2. The normalized spacial score (nSPS) is 22.6. The first-order valence-electron chi connectivity index (χ1n) is 6.77. The van der Waals surface area contributed by atoms with Gasteiger partial charge in [0.2, 0.25) is 0 Å². The summed E-state index contributed by atoms with van der Waals surface area (Å²) in [5, 5.41) is 5.32. The van der Waals surface area contributed by atoms with Crippen molar-refractivity contribution in [2.45, 2.75) is 31.3 Å². The Labute approximate surface area is 112 Å². The van der Waals surface area contributed by atoms with Crippen LogP contribution in [0.25, 0.3) is 10.8 Å². The molecule has 1 aliphatic carbocycles. The van der Waals surface area contributed by atoms with Crippen LogP contribution in [0, 0.1) is 0 Å². The molecule has 0 aliphatic heterocycles. The quantitative estimate of drug-likeness (QED) is 0.865. The fourth-order valence-electron chi connectivity index (χ4n) is 2.75. The average Bonchev–Trinajstić information content (AvgIpc) is 2.83. The third-order valence-electron chi connectivity index (χ3n) is 3.82. The van der Waals surface area contributed by atoms with Crippen molar-refractivity contribution in [2.75, 3.05) is 0 Å². The maximum atomic E-state index is 12.2. The third-order valence-corrected chi connectivity index (χ3v) is 3.82. The smallest absolute Gasteiger partial charge is 0.251 e. The van der Waals surface area contributed by atoms with Crippen molar-refractivity contribution >= 4 is 16.7 Å². The summed E-state index contributed by atoms with van der Waals surface area (Å²) < 4.78 is 0. The van der Waals surface area contributed by atoms with E-state index in [1.54, 1.807) is 0 Å². The highest BCUT2D eigenvalue weighted by atomic mass is 16.1. The zero-order valence-electron chi connectivity index (χ0n) is 10.8. The van der Waals surface area contributed by atoms with E-state index >= 15 is 0 Å². The third kappa shape index (κ3) is 2.61. The van der Waals surface area contributed by atoms with E-state index in [9.17, 15) is 4.79 Å². The van der Waals surface area contributed by atoms with Crippen LogP contribution in [-0.2, 0) is 0 Å². The minimum Gasteiger partial charge on any atom is -0.349 e. The molecular weight excluding hydrogens is 236 g/mol. The molecule has 3 nitrogen and oxygen atoms in total. The molecule has 0 spiro atoms. The molecule has 2 atom stereocenters. The van der Waals surface area contributed by atoms with Crippen LogP contribution in [0.15, 0.2) is 42.5 Å². The molecule has 19 heavy (non-hydrogen) atoms. The van der Waals surface area contributed by atoms with E-state index in [1.165, 1.54) is 0 Å². The van der Waals surface area contributed by atoms with Gasteiger partial charge < -0.3 is 11.1 Å². The molecule has 2 aromatic carbocycles. The first kappa shape index (κ1) is 12.2. The van der Waals surface area contributed by atoms with Crippen LogP contribution in [0.4, 0.5) is 0 Å². The molecule has 3 heteroatoms. The first-order valence-corrected chi connectivity index (χ1v) is 6.77. The summed E-state index contributed by atoms with van der Waals surface area (Å²) in [6.45, 7) is 0. The minimum atomic E-state index is 0.00449. The van der Waals surface area contributed by atoms with Crippen molar-refractivity contribution < 1.29 is 4.79 Å². The standard InChI is InChI=1S/C16H18N2O/c17-14-7-8-15(10-14)18-16(19)13-6-5-11-3-1-2-4-12(11)9-13/h1-6,9,14-15H,7-8,10,17H2,(H,18,19). The van der Waals surface area contributed by atoms with Gasteiger partial charge in [-0.15, -0.1) is 0 Å². The zero-order valence-corrected chi connectivity index (χ0v) is 10.8. The van der Waals surface area contributed by atoms with Crippen LogP contribution in [0.5, 0.6) is 0 Å². The van der Waals surface area contributed by atoms with E-state index in [4.69, 9.17) is 5.73 Å². The fourth-order valence-corrected chi connectivity index (χ4v) is 2.75. The Bertz CT molecular complexity index is 608. The maximum absolute atomic E-state index is 12.2. The van der Waals surface area contributed by atoms with Crippen LogP contribution in [0.1, 0.15) is 29.6 Å². The van der Waals surface area contributed by atoms with Crippen LogP contribution in [0.2, 0.25) is 0 Å². The number of rotatable bonds is 2. The van der Waals surface area contributed by atoms with Gasteiger partial charge in [-0.2, -0.15) is 0 Å². The van der Waals surface area contributed by atoms with Crippen molar-refractivity contribution in [2.24, 2.45) is 5.73 Å². The number of fused-ring (bicyclic) bond motifs is 1. The molecule has 0 radical (unpaired) electrons. The molecule has 1 amide bonds. The zero-order chi connectivity index (χ0) is 13.2. The van der Waals surface area contributed by atoms with Gasteiger partial charge in [-0.1, -0.05) is 30.3 Å². The summed E-state index contributed by atoms with van der Waals surface area (Å²) >= 11 is 0. The van der Waals surface area contributed by atoms with Crippen LogP contribution in [-0.4, -0.2) is 18.0 Å². The molecule has 0 aromatic heterocycles. The van der Waals surface area contributed by atoms with Crippen molar-refractivity contribution in [3.05, 3.63) is 48.0 Å². The number of nitrogens with two attached hydrogens (primary N) is 1. The fraction of sp³-hybridized carbons (Fsp3) is 0.312. The van der Waals surface area contributed by atoms with Crippen molar-refractivity contribution in [3.8, 4) is 0 Å². The predicted molar refractivity (Wildman–Crippen MR) is 77.0 cm³/mol. The molecule has 2 aromatic rings. The lowest BCUT2D eigenvalue weighted by atomic mass is 10.1. The lowest BCUT2D eigenvalue weighted by molar-refractivity contribution is 0.0938. The van der Waals surface area contributed by atoms with Gasteiger partial charge in [-0.05, 0) is 42.2 Å². The van der Waals surface area contributed by atoms with Gasteiger partial charge in [0.1, 0.15) is 0 Å². The topological polar surface area (TPSA) is 55.1 Å². The minimum absolute atomic E-state index is 0.00449. The molecular formula is C16H18N2O. The van der Waals surface area contributed by atoms with Crippen molar-refractivity contribution in [1.82, 2.24) is 5.32 Å². The predicted octanol–water partition coefficient (Wildman–Crippen LogP) is 2.45. The van der Waals surface area contributed by atoms with Crippen LogP contribution in [0.3, 0.4) is 0 Å². The van der Waals surface area contributed by atoms with E-state index < -0.39 is 0 Å². The van der Waals surface area contributed by atoms with Gasteiger partial charge in [-0.25, -0.2) is 0 Å². The molecule has 0 heterocycles. The van der Waals surface area contributed by atoms with Crippen molar-refractivity contribution in [3.63, 3.8) is 0 Å². The molecule has 1 saturated carbocycles. The van der Waals surface area contributed by atoms with Crippen LogP contribution < -0.4 is 11.1 Å². The molecule has 0 bridgehead atoms. The Morgan fingerprint density at radius 2 is 1.89 bits per heavy atom. The van der Waals surface area contributed by atoms with Crippen LogP contribution >= 0.6 is 0 Å². The lowest BCUT2D eigenvalue weighted by Crippen LogP contribution is -2.34. The maximum Gasteiger partial charge on any atom is 0.251 e. The number of carbonyl (C=O) groups excluding carboxylic acids is 1. The number of carbonyl (C=O) groups is 1. The van der Waals surface area contributed by atoms with Gasteiger partial charge in [-0.3, -0.25) is 4.79 Å².